The summed E-state index contributed by atoms with van der Waals surface area (Å²) in [6.07, 6.45) is 2.39. The molecule has 0 spiro atoms. The van der Waals surface area contributed by atoms with Crippen molar-refractivity contribution < 1.29 is 18.7 Å². The van der Waals surface area contributed by atoms with E-state index in [0.717, 1.165) is 12.1 Å². The molecule has 3 aromatic rings. The molecular formula is C19H18N2O4. The lowest BCUT2D eigenvalue weighted by Gasteiger charge is -2.18. The number of ether oxygens (including phenoxy) is 1. The Morgan fingerprint density at radius 2 is 2.08 bits per heavy atom. The molecule has 25 heavy (non-hydrogen) atoms. The molecule has 1 aliphatic rings. The van der Waals surface area contributed by atoms with Crippen molar-refractivity contribution in [1.82, 2.24) is 4.57 Å². The lowest BCUT2D eigenvalue weighted by Crippen LogP contribution is -2.33. The Kier molecular flexibility index (Phi) is 3.80. The van der Waals surface area contributed by atoms with Crippen molar-refractivity contribution in [1.29, 1.82) is 0 Å². The van der Waals surface area contributed by atoms with Crippen molar-refractivity contribution in [2.45, 2.75) is 19.9 Å². The largest absolute Gasteiger partial charge is 0.463 e. The van der Waals surface area contributed by atoms with E-state index in [9.17, 15) is 9.59 Å². The average molecular weight is 338 g/mol. The summed E-state index contributed by atoms with van der Waals surface area (Å²) in [7, 11) is 0. The molecule has 1 amide bonds. The number of carbonyl (C=O) groups excluding carboxylic acids is 2. The summed E-state index contributed by atoms with van der Waals surface area (Å²) in [6.45, 7) is 2.74. The summed E-state index contributed by atoms with van der Waals surface area (Å²) >= 11 is 0. The Morgan fingerprint density at radius 3 is 2.92 bits per heavy atom. The highest BCUT2D eigenvalue weighted by molar-refractivity contribution is 5.99. The quantitative estimate of drug-likeness (QED) is 0.686. The SMILES string of the molecule is CCOC(=O)c1cc2occc2n1CC(=O)N1CCc2ccccc21. The fraction of sp³-hybridized carbons (Fsp3) is 0.263. The van der Waals surface area contributed by atoms with Crippen molar-refractivity contribution in [3.05, 3.63) is 53.9 Å². The molecule has 0 bridgehead atoms. The number of anilines is 1. The van der Waals surface area contributed by atoms with Crippen LogP contribution in [0.5, 0.6) is 0 Å². The van der Waals surface area contributed by atoms with Gasteiger partial charge in [0.05, 0.1) is 18.4 Å². The van der Waals surface area contributed by atoms with Crippen LogP contribution in [-0.4, -0.2) is 29.6 Å². The number of carbonyl (C=O) groups is 2. The van der Waals surface area contributed by atoms with Crippen LogP contribution in [0.15, 0.2) is 47.1 Å². The van der Waals surface area contributed by atoms with E-state index in [0.29, 0.717) is 23.3 Å². The predicted molar refractivity (Wildman–Crippen MR) is 92.7 cm³/mol. The Morgan fingerprint density at radius 1 is 1.24 bits per heavy atom. The summed E-state index contributed by atoms with van der Waals surface area (Å²) in [6, 6.07) is 11.3. The van der Waals surface area contributed by atoms with Crippen LogP contribution >= 0.6 is 0 Å². The van der Waals surface area contributed by atoms with Crippen LogP contribution in [0.4, 0.5) is 5.69 Å². The van der Waals surface area contributed by atoms with E-state index in [1.165, 1.54) is 5.56 Å². The van der Waals surface area contributed by atoms with Crippen LogP contribution in [0.3, 0.4) is 0 Å². The van der Waals surface area contributed by atoms with E-state index in [-0.39, 0.29) is 19.1 Å². The van der Waals surface area contributed by atoms with Crippen LogP contribution in [0.25, 0.3) is 11.1 Å². The number of aromatic nitrogens is 1. The number of hydrogen-bond donors (Lipinski definition) is 0. The monoisotopic (exact) mass is 338 g/mol. The third-order valence-corrected chi connectivity index (χ3v) is 4.49. The summed E-state index contributed by atoms with van der Waals surface area (Å²) in [5.41, 5.74) is 3.72. The zero-order chi connectivity index (χ0) is 17.4. The van der Waals surface area contributed by atoms with Gasteiger partial charge in [-0.3, -0.25) is 4.79 Å². The van der Waals surface area contributed by atoms with Crippen LogP contribution in [0, 0.1) is 0 Å². The van der Waals surface area contributed by atoms with E-state index >= 15 is 0 Å². The second-order valence-corrected chi connectivity index (χ2v) is 5.93. The highest BCUT2D eigenvalue weighted by Crippen LogP contribution is 2.28. The minimum atomic E-state index is -0.455. The van der Waals surface area contributed by atoms with Crippen LogP contribution in [0.1, 0.15) is 23.0 Å². The molecule has 6 nitrogen and oxygen atoms in total. The first-order chi connectivity index (χ1) is 12.2. The molecule has 0 aliphatic carbocycles. The molecule has 0 atom stereocenters. The fourth-order valence-corrected chi connectivity index (χ4v) is 3.34. The van der Waals surface area contributed by atoms with Crippen molar-refractivity contribution >= 4 is 28.7 Å². The maximum absolute atomic E-state index is 12.9. The van der Waals surface area contributed by atoms with E-state index in [4.69, 9.17) is 9.15 Å². The molecule has 2 aromatic heterocycles. The summed E-state index contributed by atoms with van der Waals surface area (Å²) < 4.78 is 12.1. The number of nitrogens with zero attached hydrogens (tertiary/aromatic N) is 2. The summed E-state index contributed by atoms with van der Waals surface area (Å²) in [4.78, 5) is 26.9. The van der Waals surface area contributed by atoms with Gasteiger partial charge in [0.25, 0.3) is 0 Å². The lowest BCUT2D eigenvalue weighted by atomic mass is 10.2. The van der Waals surface area contributed by atoms with Gasteiger partial charge in [-0.25, -0.2) is 4.79 Å². The van der Waals surface area contributed by atoms with Gasteiger partial charge in [0.15, 0.2) is 5.58 Å². The Bertz CT molecular complexity index is 953. The molecule has 0 saturated carbocycles. The van der Waals surface area contributed by atoms with Crippen molar-refractivity contribution in [3.8, 4) is 0 Å². The smallest absolute Gasteiger partial charge is 0.355 e. The van der Waals surface area contributed by atoms with Gasteiger partial charge >= 0.3 is 5.97 Å². The van der Waals surface area contributed by atoms with Crippen LogP contribution in [0.2, 0.25) is 0 Å². The number of furan rings is 1. The molecule has 128 valence electrons. The number of hydrogen-bond acceptors (Lipinski definition) is 4. The first-order valence-corrected chi connectivity index (χ1v) is 8.31. The minimum absolute atomic E-state index is 0.0609. The van der Waals surface area contributed by atoms with Crippen LogP contribution in [-0.2, 0) is 22.5 Å². The molecule has 1 aromatic carbocycles. The van der Waals surface area contributed by atoms with E-state index in [1.54, 1.807) is 34.8 Å². The van der Waals surface area contributed by atoms with Gasteiger partial charge in [0.2, 0.25) is 5.91 Å². The molecule has 0 unspecified atom stereocenters. The molecule has 0 saturated heterocycles. The maximum Gasteiger partial charge on any atom is 0.355 e. The molecule has 0 radical (unpaired) electrons. The second-order valence-electron chi connectivity index (χ2n) is 5.93. The third kappa shape index (κ3) is 2.59. The summed E-state index contributed by atoms with van der Waals surface area (Å²) in [5.74, 6) is -0.516. The van der Waals surface area contributed by atoms with Crippen LogP contribution < -0.4 is 4.90 Å². The zero-order valence-corrected chi connectivity index (χ0v) is 13.9. The highest BCUT2D eigenvalue weighted by atomic mass is 16.5. The van der Waals surface area contributed by atoms with E-state index in [2.05, 4.69) is 0 Å². The molecule has 0 N–H and O–H groups in total. The van der Waals surface area contributed by atoms with Crippen molar-refractivity contribution in [2.24, 2.45) is 0 Å². The third-order valence-electron chi connectivity index (χ3n) is 4.49. The molecule has 3 heterocycles. The number of rotatable bonds is 4. The predicted octanol–water partition coefficient (Wildman–Crippen LogP) is 3.00. The number of para-hydroxylation sites is 1. The number of benzene rings is 1. The molecule has 1 aliphatic heterocycles. The van der Waals surface area contributed by atoms with Gasteiger partial charge in [-0.05, 0) is 25.0 Å². The Hall–Kier alpha value is -3.02. The van der Waals surface area contributed by atoms with Crippen molar-refractivity contribution in [3.63, 3.8) is 0 Å². The number of amides is 1. The molecular weight excluding hydrogens is 320 g/mol. The number of esters is 1. The van der Waals surface area contributed by atoms with Gasteiger partial charge in [-0.15, -0.1) is 0 Å². The van der Waals surface area contributed by atoms with Gasteiger partial charge in [-0.2, -0.15) is 0 Å². The van der Waals surface area contributed by atoms with E-state index in [1.807, 2.05) is 24.3 Å². The maximum atomic E-state index is 12.9. The van der Waals surface area contributed by atoms with Gasteiger partial charge in [0.1, 0.15) is 12.2 Å². The highest BCUT2D eigenvalue weighted by Gasteiger charge is 2.27. The minimum Gasteiger partial charge on any atom is -0.463 e. The molecule has 0 fully saturated rings. The van der Waals surface area contributed by atoms with Gasteiger partial charge < -0.3 is 18.6 Å². The summed E-state index contributed by atoms with van der Waals surface area (Å²) in [5, 5.41) is 0. The van der Waals surface area contributed by atoms with Gasteiger partial charge in [-0.1, -0.05) is 18.2 Å². The molecule has 4 rings (SSSR count). The Balaban J connectivity index is 1.66. The average Bonchev–Trinajstić information content (AvgIpc) is 3.30. The number of fused-ring (bicyclic) bond motifs is 2. The van der Waals surface area contributed by atoms with Crippen molar-refractivity contribution in [2.75, 3.05) is 18.1 Å². The topological polar surface area (TPSA) is 64.7 Å². The lowest BCUT2D eigenvalue weighted by molar-refractivity contribution is -0.119. The Labute approximate surface area is 144 Å². The zero-order valence-electron chi connectivity index (χ0n) is 13.9. The normalized spacial score (nSPS) is 13.2. The first-order valence-electron chi connectivity index (χ1n) is 8.31. The first kappa shape index (κ1) is 15.5. The van der Waals surface area contributed by atoms with Gasteiger partial charge in [0, 0.05) is 24.4 Å². The van der Waals surface area contributed by atoms with E-state index < -0.39 is 5.97 Å². The fourth-order valence-electron chi connectivity index (χ4n) is 3.34. The second kappa shape index (κ2) is 6.12. The standard InChI is InChI=1S/C19H18N2O4/c1-2-24-19(23)16-11-17-15(8-10-25-17)21(16)12-18(22)20-9-7-13-5-3-4-6-14(13)20/h3-6,8,10-11H,2,7,9,12H2,1H3. The molecule has 6 heteroatoms.